The Balaban J connectivity index is 2.73. The van der Waals surface area contributed by atoms with Crippen molar-refractivity contribution in [1.82, 2.24) is 10.2 Å². The summed E-state index contributed by atoms with van der Waals surface area (Å²) in [6.45, 7) is 5.13. The van der Waals surface area contributed by atoms with Gasteiger partial charge >= 0.3 is 0 Å². The number of nitrogens with zero attached hydrogens (tertiary/aromatic N) is 1. The fraction of sp³-hybridized carbons (Fsp3) is 0.462. The average Bonchev–Trinajstić information content (AvgIpc) is 2.34. The van der Waals surface area contributed by atoms with Crippen molar-refractivity contribution in [2.24, 2.45) is 0 Å². The molecule has 94 valence electrons. The Bertz CT molecular complexity index is 381. The fourth-order valence-electron chi connectivity index (χ4n) is 1.60. The number of likely N-dealkylation sites (N-methyl/N-ethyl adjacent to an activating group) is 2. The number of carbonyl (C=O) groups excluding carboxylic acids is 1. The predicted octanol–water partition coefficient (Wildman–Crippen LogP) is 2.30. The maximum atomic E-state index is 12.0. The van der Waals surface area contributed by atoms with Crippen molar-refractivity contribution in [2.75, 3.05) is 13.6 Å². The van der Waals surface area contributed by atoms with E-state index in [-0.39, 0.29) is 11.9 Å². The van der Waals surface area contributed by atoms with E-state index in [0.29, 0.717) is 18.1 Å². The van der Waals surface area contributed by atoms with Crippen LogP contribution in [0, 0.1) is 0 Å². The zero-order valence-electron chi connectivity index (χ0n) is 10.5. The van der Waals surface area contributed by atoms with Gasteiger partial charge in [-0.25, -0.2) is 0 Å². The molecule has 1 amide bonds. The number of hydrogen-bond acceptors (Lipinski definition) is 2. The highest BCUT2D eigenvalue weighted by Crippen LogP contribution is 2.13. The summed E-state index contributed by atoms with van der Waals surface area (Å²) in [4.78, 5) is 13.8. The Morgan fingerprint density at radius 3 is 2.76 bits per heavy atom. The predicted molar refractivity (Wildman–Crippen MR) is 71.1 cm³/mol. The molecular formula is C13H19ClN2O. The number of carbonyl (C=O) groups is 1. The molecule has 0 radical (unpaired) electrons. The first-order chi connectivity index (χ1) is 8.08. The molecule has 3 nitrogen and oxygen atoms in total. The average molecular weight is 255 g/mol. The van der Waals surface area contributed by atoms with Gasteiger partial charge in [0.05, 0.1) is 6.04 Å². The van der Waals surface area contributed by atoms with Crippen molar-refractivity contribution in [3.05, 3.63) is 34.9 Å². The maximum absolute atomic E-state index is 12.0. The highest BCUT2D eigenvalue weighted by Gasteiger charge is 2.17. The summed E-state index contributed by atoms with van der Waals surface area (Å²) < 4.78 is 0. The second-order valence-corrected chi connectivity index (χ2v) is 4.43. The first-order valence-corrected chi connectivity index (χ1v) is 6.16. The van der Waals surface area contributed by atoms with Crippen LogP contribution in [0.1, 0.15) is 19.4 Å². The molecule has 0 fully saturated rings. The largest absolute Gasteiger partial charge is 0.337 e. The van der Waals surface area contributed by atoms with Gasteiger partial charge in [-0.3, -0.25) is 4.79 Å². The lowest BCUT2D eigenvalue weighted by Crippen LogP contribution is -2.43. The summed E-state index contributed by atoms with van der Waals surface area (Å²) >= 11 is 5.93. The van der Waals surface area contributed by atoms with E-state index in [1.165, 1.54) is 0 Å². The van der Waals surface area contributed by atoms with Gasteiger partial charge in [0.15, 0.2) is 0 Å². The topological polar surface area (TPSA) is 32.3 Å². The standard InChI is InChI=1S/C13H19ClN2O/c1-4-16(13(17)10(2)15-3)9-11-6-5-7-12(14)8-11/h5-8,10,15H,4,9H2,1-3H3. The van der Waals surface area contributed by atoms with E-state index in [2.05, 4.69) is 5.32 Å². The number of halogens is 1. The maximum Gasteiger partial charge on any atom is 0.239 e. The molecule has 1 rings (SSSR count). The van der Waals surface area contributed by atoms with Crippen LogP contribution < -0.4 is 5.32 Å². The molecule has 1 N–H and O–H groups in total. The summed E-state index contributed by atoms with van der Waals surface area (Å²) in [5, 5.41) is 3.66. The lowest BCUT2D eigenvalue weighted by molar-refractivity contribution is -0.133. The van der Waals surface area contributed by atoms with Crippen LogP contribution in [0.2, 0.25) is 5.02 Å². The second-order valence-electron chi connectivity index (χ2n) is 3.99. The molecule has 0 spiro atoms. The molecule has 0 aliphatic carbocycles. The molecule has 1 aromatic carbocycles. The number of amides is 1. The summed E-state index contributed by atoms with van der Waals surface area (Å²) in [5.41, 5.74) is 1.05. The van der Waals surface area contributed by atoms with E-state index >= 15 is 0 Å². The van der Waals surface area contributed by atoms with Crippen LogP contribution in [0.15, 0.2) is 24.3 Å². The van der Waals surface area contributed by atoms with E-state index in [1.807, 2.05) is 43.0 Å². The van der Waals surface area contributed by atoms with E-state index in [9.17, 15) is 4.79 Å². The highest BCUT2D eigenvalue weighted by atomic mass is 35.5. The molecule has 1 aromatic rings. The number of benzene rings is 1. The summed E-state index contributed by atoms with van der Waals surface area (Å²) in [5.74, 6) is 0.106. The molecule has 1 atom stereocenters. The van der Waals surface area contributed by atoms with Crippen molar-refractivity contribution in [3.8, 4) is 0 Å². The molecule has 17 heavy (non-hydrogen) atoms. The smallest absolute Gasteiger partial charge is 0.239 e. The third-order valence-corrected chi connectivity index (χ3v) is 2.99. The monoisotopic (exact) mass is 254 g/mol. The molecule has 0 bridgehead atoms. The van der Waals surface area contributed by atoms with Gasteiger partial charge in [0, 0.05) is 18.1 Å². The third-order valence-electron chi connectivity index (χ3n) is 2.76. The first-order valence-electron chi connectivity index (χ1n) is 5.79. The lowest BCUT2D eigenvalue weighted by atomic mass is 10.2. The minimum absolute atomic E-state index is 0.106. The van der Waals surface area contributed by atoms with Crippen molar-refractivity contribution in [3.63, 3.8) is 0 Å². The zero-order valence-corrected chi connectivity index (χ0v) is 11.3. The normalized spacial score (nSPS) is 12.2. The van der Waals surface area contributed by atoms with Gasteiger partial charge in [-0.1, -0.05) is 23.7 Å². The van der Waals surface area contributed by atoms with Crippen molar-refractivity contribution >= 4 is 17.5 Å². The fourth-order valence-corrected chi connectivity index (χ4v) is 1.81. The van der Waals surface area contributed by atoms with Crippen LogP contribution in [0.4, 0.5) is 0 Å². The zero-order chi connectivity index (χ0) is 12.8. The van der Waals surface area contributed by atoms with E-state index in [1.54, 1.807) is 7.05 Å². The van der Waals surface area contributed by atoms with Crippen LogP contribution in [0.3, 0.4) is 0 Å². The molecule has 1 unspecified atom stereocenters. The van der Waals surface area contributed by atoms with Gasteiger partial charge in [-0.05, 0) is 38.6 Å². The Morgan fingerprint density at radius 1 is 1.53 bits per heavy atom. The molecule has 4 heteroatoms. The molecule has 0 saturated heterocycles. The summed E-state index contributed by atoms with van der Waals surface area (Å²) in [7, 11) is 1.79. The number of hydrogen-bond donors (Lipinski definition) is 1. The Kier molecular flexibility index (Phi) is 5.45. The number of rotatable bonds is 5. The minimum atomic E-state index is -0.158. The van der Waals surface area contributed by atoms with Gasteiger partial charge in [0.1, 0.15) is 0 Å². The van der Waals surface area contributed by atoms with Crippen LogP contribution in [0.25, 0.3) is 0 Å². The minimum Gasteiger partial charge on any atom is -0.337 e. The van der Waals surface area contributed by atoms with Gasteiger partial charge < -0.3 is 10.2 Å². The first kappa shape index (κ1) is 14.0. The summed E-state index contributed by atoms with van der Waals surface area (Å²) in [6.07, 6.45) is 0. The second kappa shape index (κ2) is 6.62. The molecular weight excluding hydrogens is 236 g/mol. The molecule has 0 aliphatic heterocycles. The molecule has 0 aromatic heterocycles. The molecule has 0 heterocycles. The summed E-state index contributed by atoms with van der Waals surface area (Å²) in [6, 6.07) is 7.44. The Hall–Kier alpha value is -1.06. The third kappa shape index (κ3) is 4.02. The van der Waals surface area contributed by atoms with Crippen LogP contribution in [0.5, 0.6) is 0 Å². The van der Waals surface area contributed by atoms with Crippen LogP contribution in [-0.4, -0.2) is 30.4 Å². The van der Waals surface area contributed by atoms with Gasteiger partial charge in [-0.2, -0.15) is 0 Å². The van der Waals surface area contributed by atoms with E-state index in [0.717, 1.165) is 5.56 Å². The lowest BCUT2D eigenvalue weighted by Gasteiger charge is -2.24. The highest BCUT2D eigenvalue weighted by molar-refractivity contribution is 6.30. The number of nitrogens with one attached hydrogen (secondary N) is 1. The molecule has 0 aliphatic rings. The Labute approximate surface area is 108 Å². The van der Waals surface area contributed by atoms with Crippen molar-refractivity contribution < 1.29 is 4.79 Å². The molecule has 0 saturated carbocycles. The van der Waals surface area contributed by atoms with Gasteiger partial charge in [0.25, 0.3) is 0 Å². The quantitative estimate of drug-likeness (QED) is 0.875. The van der Waals surface area contributed by atoms with Crippen molar-refractivity contribution in [2.45, 2.75) is 26.4 Å². The van der Waals surface area contributed by atoms with Crippen LogP contribution in [-0.2, 0) is 11.3 Å². The van der Waals surface area contributed by atoms with Crippen molar-refractivity contribution in [1.29, 1.82) is 0 Å². The Morgan fingerprint density at radius 2 is 2.24 bits per heavy atom. The van der Waals surface area contributed by atoms with E-state index < -0.39 is 0 Å². The van der Waals surface area contributed by atoms with E-state index in [4.69, 9.17) is 11.6 Å². The SMILES string of the molecule is CCN(Cc1cccc(Cl)c1)C(=O)C(C)NC. The van der Waals surface area contributed by atoms with Gasteiger partial charge in [-0.15, -0.1) is 0 Å². The van der Waals surface area contributed by atoms with Crippen LogP contribution >= 0.6 is 11.6 Å². The van der Waals surface area contributed by atoms with Gasteiger partial charge in [0.2, 0.25) is 5.91 Å².